The van der Waals surface area contributed by atoms with Crippen molar-refractivity contribution in [3.8, 4) is 11.1 Å². The van der Waals surface area contributed by atoms with Crippen LogP contribution in [0.3, 0.4) is 0 Å². The molecule has 0 saturated carbocycles. The standard InChI is InChI=1S/C17H16N4O3S/c1-10-3-5-11(6-4-10)12-8-25-15-14(12)16(23)21(9-19-15)7-13(22)20-17(24)18-2/h3-6,8-9H,7H2,1-2H3,(H2,18,20,22,24). The Kier molecular flexibility index (Phi) is 4.62. The highest BCUT2D eigenvalue weighted by atomic mass is 32.1. The van der Waals surface area contributed by atoms with Gasteiger partial charge < -0.3 is 5.32 Å². The first kappa shape index (κ1) is 16.8. The molecule has 0 radical (unpaired) electrons. The predicted octanol–water partition coefficient (Wildman–Crippen LogP) is 1.89. The number of nitrogens with one attached hydrogen (secondary N) is 2. The summed E-state index contributed by atoms with van der Waals surface area (Å²) in [6, 6.07) is 7.23. The van der Waals surface area contributed by atoms with Crippen LogP contribution in [0, 0.1) is 6.92 Å². The first-order valence-electron chi connectivity index (χ1n) is 7.55. The van der Waals surface area contributed by atoms with Crippen molar-refractivity contribution >= 4 is 33.5 Å². The van der Waals surface area contributed by atoms with E-state index in [4.69, 9.17) is 0 Å². The molecule has 8 heteroatoms. The van der Waals surface area contributed by atoms with Gasteiger partial charge in [-0.05, 0) is 12.5 Å². The maximum Gasteiger partial charge on any atom is 0.321 e. The van der Waals surface area contributed by atoms with Crippen LogP contribution in [-0.4, -0.2) is 28.5 Å². The van der Waals surface area contributed by atoms with Crippen LogP contribution in [0.2, 0.25) is 0 Å². The second-order valence-corrected chi connectivity index (χ2v) is 6.36. The largest absolute Gasteiger partial charge is 0.341 e. The summed E-state index contributed by atoms with van der Waals surface area (Å²) in [5, 5.41) is 6.77. The number of fused-ring (bicyclic) bond motifs is 1. The third-order valence-corrected chi connectivity index (χ3v) is 4.60. The lowest BCUT2D eigenvalue weighted by Crippen LogP contribution is -2.40. The third-order valence-electron chi connectivity index (χ3n) is 3.72. The first-order valence-corrected chi connectivity index (χ1v) is 8.43. The SMILES string of the molecule is CNC(=O)NC(=O)Cn1cnc2scc(-c3ccc(C)cc3)c2c1=O. The Morgan fingerprint density at radius 3 is 2.64 bits per heavy atom. The van der Waals surface area contributed by atoms with Crippen LogP contribution in [0.4, 0.5) is 4.79 Å². The fraction of sp³-hybridized carbons (Fsp3) is 0.176. The summed E-state index contributed by atoms with van der Waals surface area (Å²) in [4.78, 5) is 40.7. The maximum absolute atomic E-state index is 12.8. The van der Waals surface area contributed by atoms with Crippen molar-refractivity contribution in [2.24, 2.45) is 0 Å². The fourth-order valence-corrected chi connectivity index (χ4v) is 3.32. The zero-order valence-corrected chi connectivity index (χ0v) is 14.5. The molecule has 3 aromatic rings. The fourth-order valence-electron chi connectivity index (χ4n) is 2.41. The number of imide groups is 1. The second-order valence-electron chi connectivity index (χ2n) is 5.50. The number of nitrogens with zero attached hydrogens (tertiary/aromatic N) is 2. The summed E-state index contributed by atoms with van der Waals surface area (Å²) in [6.07, 6.45) is 1.32. The number of rotatable bonds is 3. The molecule has 0 atom stereocenters. The Labute approximate surface area is 147 Å². The van der Waals surface area contributed by atoms with Crippen molar-refractivity contribution < 1.29 is 9.59 Å². The summed E-state index contributed by atoms with van der Waals surface area (Å²) >= 11 is 1.38. The number of aryl methyl sites for hydroxylation is 1. The van der Waals surface area contributed by atoms with Crippen molar-refractivity contribution in [3.63, 3.8) is 0 Å². The number of hydrogen-bond donors (Lipinski definition) is 2. The van der Waals surface area contributed by atoms with Crippen LogP contribution in [0.1, 0.15) is 5.56 Å². The summed E-state index contributed by atoms with van der Waals surface area (Å²) in [7, 11) is 1.40. The molecule has 0 unspecified atom stereocenters. The van der Waals surface area contributed by atoms with Gasteiger partial charge in [-0.25, -0.2) is 9.78 Å². The van der Waals surface area contributed by atoms with Gasteiger partial charge in [-0.15, -0.1) is 11.3 Å². The minimum Gasteiger partial charge on any atom is -0.341 e. The molecular weight excluding hydrogens is 340 g/mol. The van der Waals surface area contributed by atoms with Crippen molar-refractivity contribution in [2.75, 3.05) is 7.05 Å². The van der Waals surface area contributed by atoms with E-state index in [0.29, 0.717) is 10.2 Å². The van der Waals surface area contributed by atoms with Crippen LogP contribution in [0.25, 0.3) is 21.3 Å². The molecule has 0 spiro atoms. The van der Waals surface area contributed by atoms with E-state index in [1.165, 1.54) is 29.3 Å². The van der Waals surface area contributed by atoms with Crippen molar-refractivity contribution in [2.45, 2.75) is 13.5 Å². The van der Waals surface area contributed by atoms with E-state index in [-0.39, 0.29) is 12.1 Å². The predicted molar refractivity (Wildman–Crippen MR) is 96.7 cm³/mol. The van der Waals surface area contributed by atoms with E-state index in [1.54, 1.807) is 0 Å². The molecule has 2 N–H and O–H groups in total. The van der Waals surface area contributed by atoms with E-state index in [0.717, 1.165) is 16.7 Å². The number of thiophene rings is 1. The normalized spacial score (nSPS) is 10.6. The van der Waals surface area contributed by atoms with Gasteiger partial charge in [0.2, 0.25) is 5.91 Å². The molecule has 2 heterocycles. The summed E-state index contributed by atoms with van der Waals surface area (Å²) in [5.41, 5.74) is 2.53. The van der Waals surface area contributed by atoms with Gasteiger partial charge in [0.25, 0.3) is 5.56 Å². The molecule has 0 fully saturated rings. The summed E-state index contributed by atoms with van der Waals surface area (Å²) in [6.45, 7) is 1.72. The Bertz CT molecular complexity index is 1000. The Balaban J connectivity index is 2.00. The lowest BCUT2D eigenvalue weighted by molar-refractivity contribution is -0.120. The van der Waals surface area contributed by atoms with Crippen LogP contribution in [-0.2, 0) is 11.3 Å². The molecule has 1 aromatic carbocycles. The van der Waals surface area contributed by atoms with Gasteiger partial charge in [0.05, 0.1) is 11.7 Å². The molecule has 3 rings (SSSR count). The number of carbonyl (C=O) groups is 2. The third kappa shape index (κ3) is 3.43. The summed E-state index contributed by atoms with van der Waals surface area (Å²) in [5.74, 6) is -0.588. The van der Waals surface area contributed by atoms with Crippen molar-refractivity contribution in [1.29, 1.82) is 0 Å². The van der Waals surface area contributed by atoms with Gasteiger partial charge >= 0.3 is 6.03 Å². The number of amides is 3. The molecule has 0 aliphatic rings. The Morgan fingerprint density at radius 2 is 1.96 bits per heavy atom. The second kappa shape index (κ2) is 6.86. The van der Waals surface area contributed by atoms with Crippen LogP contribution in [0.15, 0.2) is 40.8 Å². The van der Waals surface area contributed by atoms with Crippen LogP contribution in [0.5, 0.6) is 0 Å². The van der Waals surface area contributed by atoms with Crippen LogP contribution < -0.4 is 16.2 Å². The zero-order chi connectivity index (χ0) is 18.0. The maximum atomic E-state index is 12.8. The highest BCUT2D eigenvalue weighted by molar-refractivity contribution is 7.17. The molecule has 128 valence electrons. The van der Waals surface area contributed by atoms with E-state index in [2.05, 4.69) is 15.6 Å². The average Bonchev–Trinajstić information content (AvgIpc) is 3.02. The molecule has 7 nitrogen and oxygen atoms in total. The van der Waals surface area contributed by atoms with Crippen LogP contribution >= 0.6 is 11.3 Å². The number of urea groups is 1. The topological polar surface area (TPSA) is 93.1 Å². The number of benzene rings is 1. The van der Waals surface area contributed by atoms with E-state index in [9.17, 15) is 14.4 Å². The van der Waals surface area contributed by atoms with Crippen molar-refractivity contribution in [3.05, 3.63) is 51.9 Å². The van der Waals surface area contributed by atoms with Crippen molar-refractivity contribution in [1.82, 2.24) is 20.2 Å². The Morgan fingerprint density at radius 1 is 1.24 bits per heavy atom. The molecule has 0 aliphatic carbocycles. The molecule has 2 aromatic heterocycles. The molecule has 0 aliphatic heterocycles. The highest BCUT2D eigenvalue weighted by Gasteiger charge is 2.15. The lowest BCUT2D eigenvalue weighted by Gasteiger charge is -2.07. The van der Waals surface area contributed by atoms with Gasteiger partial charge in [0.15, 0.2) is 0 Å². The first-order chi connectivity index (χ1) is 12.0. The average molecular weight is 356 g/mol. The lowest BCUT2D eigenvalue weighted by atomic mass is 10.1. The number of aromatic nitrogens is 2. The van der Waals surface area contributed by atoms with E-state index in [1.807, 2.05) is 36.6 Å². The molecule has 3 amide bonds. The van der Waals surface area contributed by atoms with Gasteiger partial charge in [-0.3, -0.25) is 19.5 Å². The van der Waals surface area contributed by atoms with Gasteiger partial charge in [-0.2, -0.15) is 0 Å². The Hall–Kier alpha value is -3.00. The minimum absolute atomic E-state index is 0.279. The minimum atomic E-state index is -0.622. The number of hydrogen-bond acceptors (Lipinski definition) is 5. The van der Waals surface area contributed by atoms with E-state index >= 15 is 0 Å². The smallest absolute Gasteiger partial charge is 0.321 e. The van der Waals surface area contributed by atoms with Gasteiger partial charge in [0, 0.05) is 18.0 Å². The van der Waals surface area contributed by atoms with Gasteiger partial charge in [-0.1, -0.05) is 29.8 Å². The molecular formula is C17H16N4O3S. The van der Waals surface area contributed by atoms with E-state index < -0.39 is 11.9 Å². The number of carbonyl (C=O) groups excluding carboxylic acids is 2. The molecule has 25 heavy (non-hydrogen) atoms. The zero-order valence-electron chi connectivity index (χ0n) is 13.7. The summed E-state index contributed by atoms with van der Waals surface area (Å²) < 4.78 is 1.20. The quantitative estimate of drug-likeness (QED) is 0.749. The monoisotopic (exact) mass is 356 g/mol. The molecule has 0 saturated heterocycles. The highest BCUT2D eigenvalue weighted by Crippen LogP contribution is 2.30. The van der Waals surface area contributed by atoms with Gasteiger partial charge in [0.1, 0.15) is 11.4 Å². The molecule has 0 bridgehead atoms.